The molecule has 33 heavy (non-hydrogen) atoms. The number of rotatable bonds is 0. The first-order chi connectivity index (χ1) is 15.5. The van der Waals surface area contributed by atoms with Crippen molar-refractivity contribution >= 4 is 29.4 Å². The highest BCUT2D eigenvalue weighted by molar-refractivity contribution is 6.17. The molecule has 3 spiro atoms. The fourth-order valence-corrected chi connectivity index (χ4v) is 7.99. The van der Waals surface area contributed by atoms with Crippen LogP contribution in [0.15, 0.2) is 18.2 Å². The number of carbonyl (C=O) groups is 3. The zero-order valence-electron chi connectivity index (χ0n) is 19.5. The molecule has 4 atom stereocenters. The molecule has 0 radical (unpaired) electrons. The molecule has 6 aliphatic heterocycles. The lowest BCUT2D eigenvalue weighted by Crippen LogP contribution is -2.81. The average molecular weight is 448 g/mol. The highest BCUT2D eigenvalue weighted by Crippen LogP contribution is 2.67. The van der Waals surface area contributed by atoms with Gasteiger partial charge in [-0.05, 0) is 57.4 Å². The van der Waals surface area contributed by atoms with Crippen molar-refractivity contribution in [1.82, 2.24) is 10.2 Å². The van der Waals surface area contributed by atoms with E-state index in [1.165, 1.54) is 0 Å². The number of hydrogen-bond acceptors (Lipinski definition) is 5. The second-order valence-electron chi connectivity index (χ2n) is 12.0. The number of ether oxygens (including phenoxy) is 1. The monoisotopic (exact) mass is 447 g/mol. The smallest absolute Gasteiger partial charge is 0.249 e. The fraction of sp³-hybridized carbons (Fsp3) is 0.577. The van der Waals surface area contributed by atoms with Crippen LogP contribution in [0.4, 0.5) is 5.69 Å². The summed E-state index contributed by atoms with van der Waals surface area (Å²) >= 11 is 0. The van der Waals surface area contributed by atoms with Crippen LogP contribution >= 0.6 is 0 Å². The van der Waals surface area contributed by atoms with Crippen molar-refractivity contribution < 1.29 is 19.1 Å². The Balaban J connectivity index is 1.38. The van der Waals surface area contributed by atoms with Crippen molar-refractivity contribution in [2.24, 2.45) is 11.3 Å². The van der Waals surface area contributed by atoms with Crippen molar-refractivity contribution in [2.45, 2.75) is 75.6 Å². The third kappa shape index (κ3) is 1.91. The van der Waals surface area contributed by atoms with Crippen LogP contribution in [0, 0.1) is 11.3 Å². The maximum absolute atomic E-state index is 14.1. The lowest BCUT2D eigenvalue weighted by atomic mass is 9.59. The highest BCUT2D eigenvalue weighted by Gasteiger charge is 2.80. The second-order valence-corrected chi connectivity index (χ2v) is 12.0. The number of piperidine rings is 2. The molecule has 2 bridgehead atoms. The van der Waals surface area contributed by atoms with E-state index in [1.807, 2.05) is 43.0 Å². The molecule has 1 aromatic carbocycles. The Morgan fingerprint density at radius 2 is 1.88 bits per heavy atom. The molecular formula is C26H29N3O4. The zero-order valence-corrected chi connectivity index (χ0v) is 19.5. The summed E-state index contributed by atoms with van der Waals surface area (Å²) in [5.74, 6) is 0.600. The summed E-state index contributed by atoms with van der Waals surface area (Å²) in [6.45, 7) is 8.82. The van der Waals surface area contributed by atoms with Gasteiger partial charge in [0.1, 0.15) is 28.0 Å². The molecule has 7 nitrogen and oxygen atoms in total. The lowest BCUT2D eigenvalue weighted by molar-refractivity contribution is -0.175. The number of amides is 2. The van der Waals surface area contributed by atoms with Gasteiger partial charge in [-0.2, -0.15) is 0 Å². The molecule has 4 saturated heterocycles. The van der Waals surface area contributed by atoms with Gasteiger partial charge in [0, 0.05) is 35.4 Å². The Kier molecular flexibility index (Phi) is 3.14. The van der Waals surface area contributed by atoms with Gasteiger partial charge in [0.2, 0.25) is 11.8 Å². The first-order valence-electron chi connectivity index (χ1n) is 12.0. The lowest BCUT2D eigenvalue weighted by Gasteiger charge is -2.58. The number of carbonyl (C=O) groups excluding carboxylic acids is 3. The van der Waals surface area contributed by atoms with E-state index in [1.54, 1.807) is 0 Å². The van der Waals surface area contributed by atoms with Gasteiger partial charge < -0.3 is 20.3 Å². The molecular weight excluding hydrogens is 418 g/mol. The third-order valence-electron chi connectivity index (χ3n) is 9.73. The molecule has 1 saturated carbocycles. The van der Waals surface area contributed by atoms with Gasteiger partial charge >= 0.3 is 0 Å². The van der Waals surface area contributed by atoms with Crippen molar-refractivity contribution in [1.29, 1.82) is 0 Å². The Bertz CT molecular complexity index is 1230. The molecule has 7 aliphatic rings. The van der Waals surface area contributed by atoms with Gasteiger partial charge in [-0.25, -0.2) is 0 Å². The SMILES string of the molecule is CC1(C)C=Cc2c(ccc3c2N[C@]2(C[C@@]45NC(=O)[C@]6(CCCN6C4=O)CC5C2(C)C)C3=O)O1. The molecule has 1 aromatic rings. The summed E-state index contributed by atoms with van der Waals surface area (Å²) in [7, 11) is 0. The number of ketones is 1. The largest absolute Gasteiger partial charge is 0.483 e. The van der Waals surface area contributed by atoms with E-state index in [4.69, 9.17) is 4.74 Å². The van der Waals surface area contributed by atoms with Gasteiger partial charge in [0.25, 0.3) is 0 Å². The Labute approximate surface area is 192 Å². The van der Waals surface area contributed by atoms with Crippen molar-refractivity contribution in [3.05, 3.63) is 29.3 Å². The summed E-state index contributed by atoms with van der Waals surface area (Å²) in [5, 5.41) is 6.80. The molecule has 1 aliphatic carbocycles. The molecule has 2 amide bonds. The predicted octanol–water partition coefficient (Wildman–Crippen LogP) is 2.90. The van der Waals surface area contributed by atoms with E-state index in [0.29, 0.717) is 24.9 Å². The average Bonchev–Trinajstić information content (AvgIpc) is 3.35. The molecule has 6 heterocycles. The summed E-state index contributed by atoms with van der Waals surface area (Å²) in [4.78, 5) is 43.1. The summed E-state index contributed by atoms with van der Waals surface area (Å²) in [6, 6.07) is 3.72. The van der Waals surface area contributed by atoms with E-state index in [9.17, 15) is 14.4 Å². The van der Waals surface area contributed by atoms with Crippen LogP contribution in [-0.2, 0) is 9.59 Å². The minimum atomic E-state index is -1.04. The number of nitrogens with zero attached hydrogens (tertiary/aromatic N) is 1. The zero-order chi connectivity index (χ0) is 23.2. The number of anilines is 1. The Morgan fingerprint density at radius 3 is 2.67 bits per heavy atom. The Morgan fingerprint density at radius 1 is 1.09 bits per heavy atom. The maximum Gasteiger partial charge on any atom is 0.249 e. The number of fused-ring (bicyclic) bond motifs is 4. The molecule has 2 N–H and O–H groups in total. The minimum Gasteiger partial charge on any atom is -0.483 e. The van der Waals surface area contributed by atoms with Gasteiger partial charge in [-0.1, -0.05) is 13.8 Å². The minimum absolute atomic E-state index is 0.00152. The van der Waals surface area contributed by atoms with Crippen molar-refractivity contribution in [3.63, 3.8) is 0 Å². The quantitative estimate of drug-likeness (QED) is 0.639. The molecule has 172 valence electrons. The van der Waals surface area contributed by atoms with Crippen molar-refractivity contribution in [2.75, 3.05) is 11.9 Å². The van der Waals surface area contributed by atoms with Gasteiger partial charge in [-0.3, -0.25) is 14.4 Å². The van der Waals surface area contributed by atoms with Crippen molar-refractivity contribution in [3.8, 4) is 5.75 Å². The highest BCUT2D eigenvalue weighted by atomic mass is 16.5. The number of Topliss-reactive ketones (excluding diaryl/α,β-unsaturated/α-hetero) is 1. The maximum atomic E-state index is 14.1. The number of hydrogen-bond donors (Lipinski definition) is 2. The number of benzene rings is 1. The predicted molar refractivity (Wildman–Crippen MR) is 122 cm³/mol. The van der Waals surface area contributed by atoms with Gasteiger partial charge in [0.15, 0.2) is 5.78 Å². The summed E-state index contributed by atoms with van der Waals surface area (Å²) in [5.41, 5.74) is -1.42. The molecule has 8 rings (SSSR count). The summed E-state index contributed by atoms with van der Waals surface area (Å²) < 4.78 is 6.15. The van der Waals surface area contributed by atoms with Gasteiger partial charge in [-0.15, -0.1) is 0 Å². The van der Waals surface area contributed by atoms with Crippen LogP contribution in [-0.4, -0.2) is 51.3 Å². The summed E-state index contributed by atoms with van der Waals surface area (Å²) in [6.07, 6.45) is 6.48. The first kappa shape index (κ1) is 19.6. The molecule has 7 heteroatoms. The first-order valence-corrected chi connectivity index (χ1v) is 12.0. The topological polar surface area (TPSA) is 87.7 Å². The van der Waals surface area contributed by atoms with Crippen LogP contribution in [0.1, 0.15) is 69.3 Å². The second kappa shape index (κ2) is 5.29. The van der Waals surface area contributed by atoms with Gasteiger partial charge in [0.05, 0.1) is 5.69 Å². The van der Waals surface area contributed by atoms with E-state index in [0.717, 1.165) is 23.4 Å². The standard InChI is InChI=1S/C26H29N3O4/c1-22(2)10-8-14-16(33-22)7-6-15-18(14)27-26(19(15)30)13-25-17(23(26,3)4)12-24(20(31)28-25)9-5-11-29(24)21(25)32/h6-8,10,17,27H,5,9,11-13H2,1-4H3,(H,28,31)/t17?,24-,25-,26+/m0/s1. The van der Waals surface area contributed by atoms with E-state index < -0.39 is 27.6 Å². The van der Waals surface area contributed by atoms with E-state index >= 15 is 0 Å². The normalized spacial score (nSPS) is 40.2. The molecule has 5 fully saturated rings. The number of nitrogens with one attached hydrogen (secondary N) is 2. The molecule has 0 aromatic heterocycles. The van der Waals surface area contributed by atoms with Crippen LogP contribution < -0.4 is 15.4 Å². The van der Waals surface area contributed by atoms with Crippen LogP contribution in [0.25, 0.3) is 6.08 Å². The van der Waals surface area contributed by atoms with E-state index in [2.05, 4.69) is 24.5 Å². The Hall–Kier alpha value is -2.83. The molecule has 1 unspecified atom stereocenters. The number of piperazine rings is 1. The third-order valence-corrected chi connectivity index (χ3v) is 9.73. The van der Waals surface area contributed by atoms with Crippen LogP contribution in [0.5, 0.6) is 5.75 Å². The fourth-order valence-electron chi connectivity index (χ4n) is 7.99. The van der Waals surface area contributed by atoms with Crippen LogP contribution in [0.2, 0.25) is 0 Å². The van der Waals surface area contributed by atoms with Crippen LogP contribution in [0.3, 0.4) is 0 Å². The van der Waals surface area contributed by atoms with E-state index in [-0.39, 0.29) is 29.9 Å².